The van der Waals surface area contributed by atoms with Gasteiger partial charge in [0.15, 0.2) is 0 Å². The van der Waals surface area contributed by atoms with Crippen LogP contribution in [0.1, 0.15) is 41.7 Å². The first kappa shape index (κ1) is 32.0. The summed E-state index contributed by atoms with van der Waals surface area (Å²) in [7, 11) is 0. The Bertz CT molecular complexity index is 2000. The molecule has 0 bridgehead atoms. The Balaban J connectivity index is 0.000000186. The van der Waals surface area contributed by atoms with Gasteiger partial charge in [-0.05, 0) is 72.0 Å². The van der Waals surface area contributed by atoms with Gasteiger partial charge < -0.3 is 14.4 Å². The van der Waals surface area contributed by atoms with E-state index >= 15 is 0 Å². The van der Waals surface area contributed by atoms with Gasteiger partial charge in [-0.25, -0.2) is 0 Å². The average Bonchev–Trinajstić information content (AvgIpc) is 3.42. The van der Waals surface area contributed by atoms with E-state index in [1.807, 2.05) is 42.6 Å². The number of hydrogen-bond acceptors (Lipinski definition) is 3. The molecular weight excluding hydrogens is 729 g/mol. The zero-order valence-corrected chi connectivity index (χ0v) is 28.5. The summed E-state index contributed by atoms with van der Waals surface area (Å²) in [4.78, 5) is 9.01. The molecule has 0 fully saturated rings. The minimum atomic E-state index is 0. The second kappa shape index (κ2) is 14.6. The number of aryl methyl sites for hydroxylation is 2. The molecule has 3 aromatic heterocycles. The number of benzene rings is 4. The first-order valence-corrected chi connectivity index (χ1v) is 15.2. The van der Waals surface area contributed by atoms with Crippen LogP contribution in [0, 0.1) is 31.9 Å². The van der Waals surface area contributed by atoms with E-state index in [4.69, 9.17) is 4.42 Å². The van der Waals surface area contributed by atoms with Crippen molar-refractivity contribution in [3.05, 3.63) is 155 Å². The number of pyridine rings is 2. The summed E-state index contributed by atoms with van der Waals surface area (Å²) in [5, 5.41) is 2.24. The molecule has 3 heterocycles. The van der Waals surface area contributed by atoms with E-state index in [1.165, 1.54) is 27.8 Å². The van der Waals surface area contributed by atoms with Gasteiger partial charge in [-0.3, -0.25) is 0 Å². The summed E-state index contributed by atoms with van der Waals surface area (Å²) in [6.07, 6.45) is 5.81. The van der Waals surface area contributed by atoms with E-state index in [0.717, 1.165) is 57.3 Å². The quantitative estimate of drug-likeness (QED) is 0.158. The molecule has 0 amide bonds. The Labute approximate surface area is 279 Å². The molecule has 0 spiro atoms. The normalized spacial score (nSPS) is 10.9. The summed E-state index contributed by atoms with van der Waals surface area (Å²) >= 11 is 0. The van der Waals surface area contributed by atoms with Crippen LogP contribution in [0.5, 0.6) is 0 Å². The van der Waals surface area contributed by atoms with Gasteiger partial charge in [0.2, 0.25) is 0 Å². The zero-order chi connectivity index (χ0) is 30.5. The van der Waals surface area contributed by atoms with E-state index in [-0.39, 0.29) is 20.1 Å². The topological polar surface area (TPSA) is 38.9 Å². The summed E-state index contributed by atoms with van der Waals surface area (Å²) in [5.74, 6) is 0.669. The molecule has 45 heavy (non-hydrogen) atoms. The van der Waals surface area contributed by atoms with E-state index in [9.17, 15) is 0 Å². The van der Waals surface area contributed by atoms with Crippen LogP contribution in [0.25, 0.3) is 44.5 Å². The van der Waals surface area contributed by atoms with Crippen LogP contribution in [-0.2, 0) is 32.9 Å². The molecule has 7 rings (SSSR count). The van der Waals surface area contributed by atoms with Gasteiger partial charge in [0.25, 0.3) is 0 Å². The molecule has 7 aromatic rings. The van der Waals surface area contributed by atoms with Gasteiger partial charge in [-0.15, -0.1) is 53.6 Å². The largest absolute Gasteiger partial charge is 0.501 e. The SMILES string of the molecule is Cc1c[c-]c(-c2cc(C)c(CC(C)C)cn2)cc1.[Ir].[c-]1ccc2c(oc3ccc(Cc4ccccc4)cc32)c1-c1ccccn1. The summed E-state index contributed by atoms with van der Waals surface area (Å²) < 4.78 is 6.17. The molecule has 227 valence electrons. The first-order chi connectivity index (χ1) is 21.4. The fraction of sp³-hybridized carbons (Fsp3) is 0.171. The van der Waals surface area contributed by atoms with Crippen LogP contribution in [0.2, 0.25) is 0 Å². The maximum atomic E-state index is 6.17. The van der Waals surface area contributed by atoms with Gasteiger partial charge in [0.05, 0.1) is 5.58 Å². The third kappa shape index (κ3) is 7.65. The third-order valence-electron chi connectivity index (χ3n) is 7.76. The first-order valence-electron chi connectivity index (χ1n) is 15.2. The predicted molar refractivity (Wildman–Crippen MR) is 182 cm³/mol. The minimum absolute atomic E-state index is 0. The Morgan fingerprint density at radius 3 is 2.29 bits per heavy atom. The standard InChI is InChI=1S/C24H16NO.C17H20N.Ir/c1-2-7-17(8-3-1)15-18-12-13-23-21(16-18)19-9-6-10-20(24(19)26-23)22-11-4-5-14-25-22;1-12(2)9-16-11-18-17(10-14(16)4)15-7-5-13(3)6-8-15;/h1-9,11-14,16H,15H2;5-7,10-12H,9H2,1-4H3;/q2*-1;. The van der Waals surface area contributed by atoms with Crippen molar-refractivity contribution in [3.63, 3.8) is 0 Å². The Hall–Kier alpha value is -4.37. The van der Waals surface area contributed by atoms with E-state index in [0.29, 0.717) is 5.92 Å². The van der Waals surface area contributed by atoms with Gasteiger partial charge in [0, 0.05) is 37.9 Å². The smallest absolute Gasteiger partial charge is 0.120 e. The van der Waals surface area contributed by atoms with Crippen molar-refractivity contribution in [2.24, 2.45) is 5.92 Å². The van der Waals surface area contributed by atoms with E-state index in [1.54, 1.807) is 6.20 Å². The molecule has 0 atom stereocenters. The van der Waals surface area contributed by atoms with E-state index in [2.05, 4.69) is 117 Å². The van der Waals surface area contributed by atoms with Gasteiger partial charge >= 0.3 is 0 Å². The Morgan fingerprint density at radius 2 is 1.58 bits per heavy atom. The summed E-state index contributed by atoms with van der Waals surface area (Å²) in [6.45, 7) is 8.71. The molecule has 0 aliphatic carbocycles. The number of rotatable bonds is 6. The summed E-state index contributed by atoms with van der Waals surface area (Å²) in [6, 6.07) is 41.8. The van der Waals surface area contributed by atoms with Crippen LogP contribution in [-0.4, -0.2) is 9.97 Å². The molecule has 0 aliphatic rings. The van der Waals surface area contributed by atoms with Crippen LogP contribution < -0.4 is 0 Å². The molecule has 1 radical (unpaired) electrons. The number of aromatic nitrogens is 2. The Kier molecular flexibility index (Phi) is 10.4. The maximum Gasteiger partial charge on any atom is 0.120 e. The Morgan fingerprint density at radius 1 is 0.756 bits per heavy atom. The van der Waals surface area contributed by atoms with Crippen LogP contribution >= 0.6 is 0 Å². The van der Waals surface area contributed by atoms with Crippen molar-refractivity contribution >= 4 is 21.9 Å². The summed E-state index contributed by atoms with van der Waals surface area (Å²) in [5.41, 5.74) is 12.1. The second-order valence-corrected chi connectivity index (χ2v) is 11.8. The molecule has 0 unspecified atom stereocenters. The van der Waals surface area contributed by atoms with Crippen molar-refractivity contribution in [1.82, 2.24) is 9.97 Å². The van der Waals surface area contributed by atoms with Crippen molar-refractivity contribution in [3.8, 4) is 22.5 Å². The third-order valence-corrected chi connectivity index (χ3v) is 7.76. The predicted octanol–water partition coefficient (Wildman–Crippen LogP) is 10.4. The van der Waals surface area contributed by atoms with E-state index < -0.39 is 0 Å². The number of fused-ring (bicyclic) bond motifs is 3. The van der Waals surface area contributed by atoms with Gasteiger partial charge in [-0.2, -0.15) is 0 Å². The maximum absolute atomic E-state index is 6.17. The number of furan rings is 1. The molecule has 4 heteroatoms. The molecule has 4 aromatic carbocycles. The number of nitrogens with zero attached hydrogens (tertiary/aromatic N) is 2. The molecule has 0 aliphatic heterocycles. The van der Waals surface area contributed by atoms with Crippen LogP contribution in [0.15, 0.2) is 120 Å². The molecule has 0 saturated heterocycles. The van der Waals surface area contributed by atoms with Crippen molar-refractivity contribution in [2.45, 2.75) is 40.5 Å². The fourth-order valence-corrected chi connectivity index (χ4v) is 5.48. The molecule has 0 N–H and O–H groups in total. The number of hydrogen-bond donors (Lipinski definition) is 0. The van der Waals surface area contributed by atoms with Crippen LogP contribution in [0.3, 0.4) is 0 Å². The fourth-order valence-electron chi connectivity index (χ4n) is 5.48. The van der Waals surface area contributed by atoms with Crippen molar-refractivity contribution in [2.75, 3.05) is 0 Å². The second-order valence-electron chi connectivity index (χ2n) is 11.8. The zero-order valence-electron chi connectivity index (χ0n) is 26.1. The van der Waals surface area contributed by atoms with Crippen LogP contribution in [0.4, 0.5) is 0 Å². The average molecular weight is 765 g/mol. The van der Waals surface area contributed by atoms with Crippen molar-refractivity contribution < 1.29 is 24.5 Å². The van der Waals surface area contributed by atoms with Crippen molar-refractivity contribution in [1.29, 1.82) is 0 Å². The van der Waals surface area contributed by atoms with Gasteiger partial charge in [-0.1, -0.05) is 91.9 Å². The molecule has 0 saturated carbocycles. The van der Waals surface area contributed by atoms with Gasteiger partial charge in [0.1, 0.15) is 5.58 Å². The monoisotopic (exact) mass is 765 g/mol. The molecular formula is C41H36IrN2O-2. The molecule has 3 nitrogen and oxygen atoms in total. The minimum Gasteiger partial charge on any atom is -0.501 e.